The maximum absolute atomic E-state index is 12.4. The summed E-state index contributed by atoms with van der Waals surface area (Å²) in [6, 6.07) is 17.8. The second kappa shape index (κ2) is 10.1. The molecule has 5 nitrogen and oxygen atoms in total. The van der Waals surface area contributed by atoms with Crippen LogP contribution in [0.2, 0.25) is 0 Å². The van der Waals surface area contributed by atoms with Gasteiger partial charge in [0.15, 0.2) is 0 Å². The van der Waals surface area contributed by atoms with Gasteiger partial charge in [0.25, 0.3) is 0 Å². The van der Waals surface area contributed by atoms with Crippen LogP contribution in [0.3, 0.4) is 0 Å². The summed E-state index contributed by atoms with van der Waals surface area (Å²) in [5.41, 5.74) is 2.09. The van der Waals surface area contributed by atoms with Gasteiger partial charge in [-0.05, 0) is 55.5 Å². The molecule has 0 radical (unpaired) electrons. The number of amides is 2. The number of methoxy groups -OCH3 is 1. The predicted molar refractivity (Wildman–Crippen MR) is 114 cm³/mol. The standard InChI is InChI=1S/C23H31N3O2/c1-25(23(27)24-21-11-4-3-5-12-21)17-19-9-8-15-26(18-19)16-14-20-10-6-7-13-22(20)28-2/h3-7,10-13,19H,8-9,14-18H2,1-2H3,(H,24,27)/t19-/m0/s1. The Kier molecular flexibility index (Phi) is 7.31. The van der Waals surface area contributed by atoms with E-state index in [0.29, 0.717) is 5.92 Å². The molecular formula is C23H31N3O2. The maximum Gasteiger partial charge on any atom is 0.321 e. The Morgan fingerprint density at radius 3 is 2.71 bits per heavy atom. The average molecular weight is 382 g/mol. The highest BCUT2D eigenvalue weighted by molar-refractivity contribution is 5.89. The molecule has 0 aliphatic carbocycles. The molecule has 1 heterocycles. The van der Waals surface area contributed by atoms with Crippen molar-refractivity contribution in [2.75, 3.05) is 45.7 Å². The van der Waals surface area contributed by atoms with Gasteiger partial charge in [-0.1, -0.05) is 36.4 Å². The molecule has 1 saturated heterocycles. The van der Waals surface area contributed by atoms with Crippen LogP contribution in [0.1, 0.15) is 18.4 Å². The summed E-state index contributed by atoms with van der Waals surface area (Å²) in [5, 5.41) is 2.96. The lowest BCUT2D eigenvalue weighted by molar-refractivity contribution is 0.150. The largest absolute Gasteiger partial charge is 0.496 e. The first-order valence-electron chi connectivity index (χ1n) is 10.1. The molecule has 2 amide bonds. The number of benzene rings is 2. The molecule has 0 spiro atoms. The Labute approximate surface area is 168 Å². The van der Waals surface area contributed by atoms with Gasteiger partial charge in [-0.25, -0.2) is 4.79 Å². The average Bonchev–Trinajstić information content (AvgIpc) is 2.73. The Hall–Kier alpha value is -2.53. The third-order valence-electron chi connectivity index (χ3n) is 5.40. The van der Waals surface area contributed by atoms with Crippen molar-refractivity contribution in [1.29, 1.82) is 0 Å². The van der Waals surface area contributed by atoms with E-state index in [9.17, 15) is 4.79 Å². The van der Waals surface area contributed by atoms with Crippen LogP contribution in [0.25, 0.3) is 0 Å². The lowest BCUT2D eigenvalue weighted by Gasteiger charge is -2.34. The van der Waals surface area contributed by atoms with E-state index in [0.717, 1.165) is 44.0 Å². The monoisotopic (exact) mass is 381 g/mol. The van der Waals surface area contributed by atoms with Gasteiger partial charge in [0.05, 0.1) is 7.11 Å². The molecule has 150 valence electrons. The molecule has 1 atom stereocenters. The summed E-state index contributed by atoms with van der Waals surface area (Å²) in [5.74, 6) is 1.48. The fourth-order valence-corrected chi connectivity index (χ4v) is 3.90. The van der Waals surface area contributed by atoms with Gasteiger partial charge >= 0.3 is 6.03 Å². The molecule has 0 unspecified atom stereocenters. The minimum atomic E-state index is -0.0441. The van der Waals surface area contributed by atoms with Crippen molar-refractivity contribution in [3.05, 3.63) is 60.2 Å². The van der Waals surface area contributed by atoms with Crippen LogP contribution in [-0.4, -0.2) is 56.2 Å². The van der Waals surface area contributed by atoms with Crippen molar-refractivity contribution in [2.24, 2.45) is 5.92 Å². The molecule has 0 bridgehead atoms. The molecule has 1 aliphatic heterocycles. The van der Waals surface area contributed by atoms with Crippen molar-refractivity contribution in [2.45, 2.75) is 19.3 Å². The fourth-order valence-electron chi connectivity index (χ4n) is 3.90. The molecule has 1 aliphatic rings. The predicted octanol–water partition coefficient (Wildman–Crippen LogP) is 4.11. The lowest BCUT2D eigenvalue weighted by atomic mass is 9.97. The molecule has 5 heteroatoms. The van der Waals surface area contributed by atoms with Crippen LogP contribution in [0.5, 0.6) is 5.75 Å². The van der Waals surface area contributed by atoms with Gasteiger partial charge in [0, 0.05) is 32.4 Å². The van der Waals surface area contributed by atoms with E-state index in [1.165, 1.54) is 18.4 Å². The van der Waals surface area contributed by atoms with E-state index in [1.807, 2.05) is 49.5 Å². The Balaban J connectivity index is 1.47. The van der Waals surface area contributed by atoms with Crippen LogP contribution in [0.15, 0.2) is 54.6 Å². The van der Waals surface area contributed by atoms with Crippen molar-refractivity contribution in [1.82, 2.24) is 9.80 Å². The number of rotatable bonds is 7. The topological polar surface area (TPSA) is 44.8 Å². The van der Waals surface area contributed by atoms with E-state index in [-0.39, 0.29) is 6.03 Å². The van der Waals surface area contributed by atoms with E-state index in [1.54, 1.807) is 12.0 Å². The molecular weight excluding hydrogens is 350 g/mol. The molecule has 28 heavy (non-hydrogen) atoms. The first-order chi connectivity index (χ1) is 13.7. The summed E-state index contributed by atoms with van der Waals surface area (Å²) >= 11 is 0. The number of likely N-dealkylation sites (tertiary alicyclic amines) is 1. The number of nitrogens with zero attached hydrogens (tertiary/aromatic N) is 2. The van der Waals surface area contributed by atoms with E-state index in [2.05, 4.69) is 22.3 Å². The normalized spacial score (nSPS) is 17.1. The van der Waals surface area contributed by atoms with Gasteiger partial charge < -0.3 is 19.9 Å². The van der Waals surface area contributed by atoms with Crippen LogP contribution >= 0.6 is 0 Å². The van der Waals surface area contributed by atoms with Crippen LogP contribution in [-0.2, 0) is 6.42 Å². The van der Waals surface area contributed by atoms with Crippen LogP contribution in [0, 0.1) is 5.92 Å². The highest BCUT2D eigenvalue weighted by Crippen LogP contribution is 2.21. The molecule has 2 aromatic rings. The third-order valence-corrected chi connectivity index (χ3v) is 5.40. The number of ether oxygens (including phenoxy) is 1. The number of hydrogen-bond acceptors (Lipinski definition) is 3. The minimum Gasteiger partial charge on any atom is -0.496 e. The van der Waals surface area contributed by atoms with Gasteiger partial charge in [0.2, 0.25) is 0 Å². The summed E-state index contributed by atoms with van der Waals surface area (Å²) in [4.78, 5) is 16.8. The second-order valence-electron chi connectivity index (χ2n) is 7.55. The fraction of sp³-hybridized carbons (Fsp3) is 0.435. The molecule has 2 aromatic carbocycles. The number of urea groups is 1. The zero-order valence-corrected chi connectivity index (χ0v) is 16.9. The first kappa shape index (κ1) is 20.2. The van der Waals surface area contributed by atoms with E-state index >= 15 is 0 Å². The summed E-state index contributed by atoms with van der Waals surface area (Å²) in [6.45, 7) is 3.98. The zero-order valence-electron chi connectivity index (χ0n) is 16.9. The summed E-state index contributed by atoms with van der Waals surface area (Å²) < 4.78 is 5.46. The SMILES string of the molecule is COc1ccccc1CCN1CCC[C@@H](CN(C)C(=O)Nc2ccccc2)C1. The number of carbonyl (C=O) groups is 1. The third kappa shape index (κ3) is 5.73. The van der Waals surface area contributed by atoms with Gasteiger partial charge in [-0.3, -0.25) is 0 Å². The zero-order chi connectivity index (χ0) is 19.8. The Morgan fingerprint density at radius 1 is 1.18 bits per heavy atom. The number of anilines is 1. The number of nitrogens with one attached hydrogen (secondary N) is 1. The highest BCUT2D eigenvalue weighted by atomic mass is 16.5. The molecule has 1 N–H and O–H groups in total. The van der Waals surface area contributed by atoms with Crippen molar-refractivity contribution >= 4 is 11.7 Å². The van der Waals surface area contributed by atoms with Crippen molar-refractivity contribution in [3.63, 3.8) is 0 Å². The minimum absolute atomic E-state index is 0.0441. The first-order valence-corrected chi connectivity index (χ1v) is 10.1. The van der Waals surface area contributed by atoms with Gasteiger partial charge in [-0.15, -0.1) is 0 Å². The number of piperidine rings is 1. The summed E-state index contributed by atoms with van der Waals surface area (Å²) in [6.07, 6.45) is 3.35. The maximum atomic E-state index is 12.4. The van der Waals surface area contributed by atoms with Gasteiger partial charge in [0.1, 0.15) is 5.75 Å². The van der Waals surface area contributed by atoms with Crippen LogP contribution < -0.4 is 10.1 Å². The Bertz CT molecular complexity index is 751. The van der Waals surface area contributed by atoms with Crippen LogP contribution in [0.4, 0.5) is 10.5 Å². The second-order valence-corrected chi connectivity index (χ2v) is 7.55. The number of para-hydroxylation sites is 2. The van der Waals surface area contributed by atoms with E-state index in [4.69, 9.17) is 4.74 Å². The smallest absolute Gasteiger partial charge is 0.321 e. The number of hydrogen-bond donors (Lipinski definition) is 1. The number of carbonyl (C=O) groups excluding carboxylic acids is 1. The lowest BCUT2D eigenvalue weighted by Crippen LogP contribution is -2.43. The molecule has 0 saturated carbocycles. The highest BCUT2D eigenvalue weighted by Gasteiger charge is 2.22. The van der Waals surface area contributed by atoms with Gasteiger partial charge in [-0.2, -0.15) is 0 Å². The molecule has 0 aromatic heterocycles. The Morgan fingerprint density at radius 2 is 1.93 bits per heavy atom. The van der Waals surface area contributed by atoms with E-state index < -0.39 is 0 Å². The summed E-state index contributed by atoms with van der Waals surface area (Å²) in [7, 11) is 3.61. The quantitative estimate of drug-likeness (QED) is 0.785. The molecule has 3 rings (SSSR count). The molecule has 1 fully saturated rings. The van der Waals surface area contributed by atoms with Crippen molar-refractivity contribution in [3.8, 4) is 5.75 Å². The van der Waals surface area contributed by atoms with Crippen molar-refractivity contribution < 1.29 is 9.53 Å².